The normalized spacial score (nSPS) is 18.9. The molecule has 1 aromatic carbocycles. The van der Waals surface area contributed by atoms with Crippen LogP contribution < -0.4 is 10.1 Å². The van der Waals surface area contributed by atoms with E-state index in [0.717, 1.165) is 42.0 Å². The molecule has 1 fully saturated rings. The zero-order valence-corrected chi connectivity index (χ0v) is 12.8. The Kier molecular flexibility index (Phi) is 5.18. The number of methoxy groups -OCH3 is 1. The van der Waals surface area contributed by atoms with Gasteiger partial charge in [0.1, 0.15) is 5.75 Å². The predicted octanol–water partition coefficient (Wildman–Crippen LogP) is 3.27. The number of aryl methyl sites for hydroxylation is 1. The molecular formula is C17H25NO2. The van der Waals surface area contributed by atoms with E-state index in [-0.39, 0.29) is 5.78 Å². The molecule has 0 aliphatic carbocycles. The Labute approximate surface area is 121 Å². The van der Waals surface area contributed by atoms with Crippen LogP contribution in [0, 0.1) is 19.8 Å². The van der Waals surface area contributed by atoms with E-state index < -0.39 is 0 Å². The fraction of sp³-hybridized carbons (Fsp3) is 0.588. The molecule has 1 aromatic rings. The van der Waals surface area contributed by atoms with Crippen LogP contribution in [0.25, 0.3) is 0 Å². The van der Waals surface area contributed by atoms with Crippen molar-refractivity contribution in [3.05, 3.63) is 28.8 Å². The minimum atomic E-state index is 0.204. The summed E-state index contributed by atoms with van der Waals surface area (Å²) in [6.07, 6.45) is 4.06. The van der Waals surface area contributed by atoms with Crippen LogP contribution in [0.15, 0.2) is 12.1 Å². The third kappa shape index (κ3) is 3.40. The number of ether oxygens (including phenoxy) is 1. The van der Waals surface area contributed by atoms with E-state index in [1.165, 1.54) is 12.8 Å². The van der Waals surface area contributed by atoms with Crippen molar-refractivity contribution in [2.45, 2.75) is 39.5 Å². The lowest BCUT2D eigenvalue weighted by molar-refractivity contribution is 0.0968. The van der Waals surface area contributed by atoms with Crippen LogP contribution in [0.4, 0.5) is 0 Å². The smallest absolute Gasteiger partial charge is 0.166 e. The molecule has 0 aromatic heterocycles. The van der Waals surface area contributed by atoms with Gasteiger partial charge in [0, 0.05) is 6.42 Å². The summed E-state index contributed by atoms with van der Waals surface area (Å²) in [5.74, 6) is 1.59. The molecule has 110 valence electrons. The molecule has 1 unspecified atom stereocenters. The molecule has 0 bridgehead atoms. The maximum absolute atomic E-state index is 12.4. The van der Waals surface area contributed by atoms with E-state index in [4.69, 9.17) is 4.74 Å². The summed E-state index contributed by atoms with van der Waals surface area (Å²) >= 11 is 0. The van der Waals surface area contributed by atoms with Crippen molar-refractivity contribution in [3.8, 4) is 5.75 Å². The second kappa shape index (κ2) is 6.89. The maximum Gasteiger partial charge on any atom is 0.166 e. The zero-order chi connectivity index (χ0) is 14.5. The monoisotopic (exact) mass is 275 g/mol. The van der Waals surface area contributed by atoms with Crippen molar-refractivity contribution in [1.29, 1.82) is 0 Å². The van der Waals surface area contributed by atoms with Crippen LogP contribution in [-0.4, -0.2) is 26.0 Å². The molecule has 1 aliphatic heterocycles. The summed E-state index contributed by atoms with van der Waals surface area (Å²) < 4.78 is 5.44. The summed E-state index contributed by atoms with van der Waals surface area (Å²) in [5, 5.41) is 3.40. The number of piperidine rings is 1. The van der Waals surface area contributed by atoms with Gasteiger partial charge in [-0.15, -0.1) is 0 Å². The zero-order valence-electron chi connectivity index (χ0n) is 12.8. The average Bonchev–Trinajstić information content (AvgIpc) is 2.48. The number of carbonyl (C=O) groups is 1. The number of ketones is 1. The van der Waals surface area contributed by atoms with E-state index in [9.17, 15) is 4.79 Å². The SMILES string of the molecule is COc1c(C(=O)CCC2CCCNC2)ccc(C)c1C. The Morgan fingerprint density at radius 3 is 2.85 bits per heavy atom. The Morgan fingerprint density at radius 1 is 1.40 bits per heavy atom. The highest BCUT2D eigenvalue weighted by molar-refractivity contribution is 5.99. The molecule has 1 saturated heterocycles. The number of hydrogen-bond acceptors (Lipinski definition) is 3. The van der Waals surface area contributed by atoms with E-state index in [1.54, 1.807) is 7.11 Å². The van der Waals surface area contributed by atoms with Crippen LogP contribution >= 0.6 is 0 Å². The largest absolute Gasteiger partial charge is 0.496 e. The highest BCUT2D eigenvalue weighted by atomic mass is 16.5. The lowest BCUT2D eigenvalue weighted by Gasteiger charge is -2.22. The lowest BCUT2D eigenvalue weighted by Crippen LogP contribution is -2.30. The second-order valence-corrected chi connectivity index (χ2v) is 5.76. The van der Waals surface area contributed by atoms with Gasteiger partial charge < -0.3 is 10.1 Å². The van der Waals surface area contributed by atoms with Crippen LogP contribution in [0.2, 0.25) is 0 Å². The van der Waals surface area contributed by atoms with Gasteiger partial charge in [0.15, 0.2) is 5.78 Å². The number of carbonyl (C=O) groups excluding carboxylic acids is 1. The fourth-order valence-electron chi connectivity index (χ4n) is 2.91. The molecule has 0 spiro atoms. The van der Waals surface area contributed by atoms with E-state index in [1.807, 2.05) is 26.0 Å². The highest BCUT2D eigenvalue weighted by Gasteiger charge is 2.18. The first-order chi connectivity index (χ1) is 9.63. The van der Waals surface area contributed by atoms with Crippen molar-refractivity contribution >= 4 is 5.78 Å². The van der Waals surface area contributed by atoms with Gasteiger partial charge in [0.2, 0.25) is 0 Å². The van der Waals surface area contributed by atoms with Gasteiger partial charge in [0.05, 0.1) is 12.7 Å². The number of Topliss-reactive ketones (excluding diaryl/α,β-unsaturated/α-hetero) is 1. The van der Waals surface area contributed by atoms with Gasteiger partial charge >= 0.3 is 0 Å². The first-order valence-electron chi connectivity index (χ1n) is 7.51. The molecule has 20 heavy (non-hydrogen) atoms. The molecule has 1 atom stereocenters. The fourth-order valence-corrected chi connectivity index (χ4v) is 2.91. The summed E-state index contributed by atoms with van der Waals surface area (Å²) in [4.78, 5) is 12.4. The molecule has 1 N–H and O–H groups in total. The molecule has 1 aliphatic rings. The molecule has 1 heterocycles. The van der Waals surface area contributed by atoms with E-state index in [0.29, 0.717) is 12.3 Å². The highest BCUT2D eigenvalue weighted by Crippen LogP contribution is 2.28. The molecule has 3 heteroatoms. The number of benzene rings is 1. The van der Waals surface area contributed by atoms with Gasteiger partial charge in [-0.3, -0.25) is 4.79 Å². The minimum absolute atomic E-state index is 0.204. The lowest BCUT2D eigenvalue weighted by atomic mass is 9.91. The Morgan fingerprint density at radius 2 is 2.20 bits per heavy atom. The van der Waals surface area contributed by atoms with E-state index in [2.05, 4.69) is 5.32 Å². The standard InChI is InChI=1S/C17H25NO2/c1-12-6-8-15(17(20-3)13(12)2)16(19)9-7-14-5-4-10-18-11-14/h6,8,14,18H,4-5,7,9-11H2,1-3H3. The van der Waals surface area contributed by atoms with E-state index >= 15 is 0 Å². The van der Waals surface area contributed by atoms with Crippen molar-refractivity contribution in [1.82, 2.24) is 5.32 Å². The molecule has 2 rings (SSSR count). The topological polar surface area (TPSA) is 38.3 Å². The quantitative estimate of drug-likeness (QED) is 0.838. The molecular weight excluding hydrogens is 250 g/mol. The minimum Gasteiger partial charge on any atom is -0.496 e. The van der Waals surface area contributed by atoms with Crippen LogP contribution in [-0.2, 0) is 0 Å². The predicted molar refractivity (Wildman–Crippen MR) is 81.6 cm³/mol. The summed E-state index contributed by atoms with van der Waals surface area (Å²) in [5.41, 5.74) is 2.96. The second-order valence-electron chi connectivity index (χ2n) is 5.76. The molecule has 0 amide bonds. The first kappa shape index (κ1) is 15.0. The van der Waals surface area contributed by atoms with Crippen LogP contribution in [0.3, 0.4) is 0 Å². The Bertz CT molecular complexity index is 476. The first-order valence-corrected chi connectivity index (χ1v) is 7.51. The van der Waals surface area contributed by atoms with Gasteiger partial charge in [0.25, 0.3) is 0 Å². The molecule has 3 nitrogen and oxygen atoms in total. The van der Waals surface area contributed by atoms with Crippen LogP contribution in [0.1, 0.15) is 47.2 Å². The van der Waals surface area contributed by atoms with Crippen molar-refractivity contribution in [3.63, 3.8) is 0 Å². The third-order valence-corrected chi connectivity index (χ3v) is 4.36. The maximum atomic E-state index is 12.4. The Hall–Kier alpha value is -1.35. The van der Waals surface area contributed by atoms with Crippen molar-refractivity contribution in [2.75, 3.05) is 20.2 Å². The van der Waals surface area contributed by atoms with Gasteiger partial charge in [-0.25, -0.2) is 0 Å². The number of rotatable bonds is 5. The number of hydrogen-bond donors (Lipinski definition) is 1. The Balaban J connectivity index is 2.03. The van der Waals surface area contributed by atoms with Gasteiger partial charge in [-0.05, 0) is 69.3 Å². The summed E-state index contributed by atoms with van der Waals surface area (Å²) in [6.45, 7) is 6.22. The number of nitrogens with one attached hydrogen (secondary N) is 1. The summed E-state index contributed by atoms with van der Waals surface area (Å²) in [6, 6.07) is 3.91. The van der Waals surface area contributed by atoms with Crippen LogP contribution in [0.5, 0.6) is 5.75 Å². The molecule has 0 saturated carbocycles. The molecule has 0 radical (unpaired) electrons. The van der Waals surface area contributed by atoms with Crippen molar-refractivity contribution < 1.29 is 9.53 Å². The van der Waals surface area contributed by atoms with Gasteiger partial charge in [-0.2, -0.15) is 0 Å². The average molecular weight is 275 g/mol. The third-order valence-electron chi connectivity index (χ3n) is 4.36. The van der Waals surface area contributed by atoms with Crippen molar-refractivity contribution in [2.24, 2.45) is 5.92 Å². The summed E-state index contributed by atoms with van der Waals surface area (Å²) in [7, 11) is 1.64. The van der Waals surface area contributed by atoms with Gasteiger partial charge in [-0.1, -0.05) is 6.07 Å².